The molecule has 0 fully saturated rings. The zero-order valence-electron chi connectivity index (χ0n) is 11.6. The average Bonchev–Trinajstić information content (AvgIpc) is 2.77. The highest BCUT2D eigenvalue weighted by molar-refractivity contribution is 9.10. The quantitative estimate of drug-likeness (QED) is 0.831. The van der Waals surface area contributed by atoms with Gasteiger partial charge in [0.15, 0.2) is 0 Å². The molecule has 1 heterocycles. The lowest BCUT2D eigenvalue weighted by Crippen LogP contribution is -2.02. The number of hydrogen-bond donors (Lipinski definition) is 1. The Balaban J connectivity index is 2.68. The number of benzene rings is 1. The minimum atomic E-state index is -0.374. The van der Waals surface area contributed by atoms with Gasteiger partial charge in [-0.25, -0.2) is 4.79 Å². The second kappa shape index (κ2) is 5.97. The van der Waals surface area contributed by atoms with E-state index >= 15 is 0 Å². The third kappa shape index (κ3) is 2.60. The molecule has 0 unspecified atom stereocenters. The van der Waals surface area contributed by atoms with E-state index in [9.17, 15) is 4.79 Å². The summed E-state index contributed by atoms with van der Waals surface area (Å²) in [4.78, 5) is 13.3. The van der Waals surface area contributed by atoms with Gasteiger partial charge in [-0.05, 0) is 42.2 Å². The average molecular weight is 354 g/mol. The molecule has 0 atom stereocenters. The van der Waals surface area contributed by atoms with Gasteiger partial charge in [-0.3, -0.25) is 0 Å². The van der Waals surface area contributed by atoms with Gasteiger partial charge in [0.2, 0.25) is 0 Å². The van der Waals surface area contributed by atoms with Crippen molar-refractivity contribution in [1.82, 2.24) is 0 Å². The molecule has 106 valence electrons. The van der Waals surface area contributed by atoms with Crippen molar-refractivity contribution in [1.29, 1.82) is 0 Å². The number of esters is 1. The maximum atomic E-state index is 11.8. The number of carbonyl (C=O) groups excluding carboxylic acids is 1. The fraction of sp³-hybridized carbons (Fsp3) is 0.267. The molecular formula is C15H16BrNO2S. The van der Waals surface area contributed by atoms with Gasteiger partial charge >= 0.3 is 5.97 Å². The fourth-order valence-electron chi connectivity index (χ4n) is 2.13. The normalized spacial score (nSPS) is 10.6. The van der Waals surface area contributed by atoms with Gasteiger partial charge in [0.25, 0.3) is 0 Å². The minimum absolute atomic E-state index is 0.374. The summed E-state index contributed by atoms with van der Waals surface area (Å²) in [5.74, 6) is -0.374. The van der Waals surface area contributed by atoms with Crippen LogP contribution in [-0.2, 0) is 11.2 Å². The molecule has 0 amide bonds. The highest BCUT2D eigenvalue weighted by Gasteiger charge is 2.22. The Bertz CT molecular complexity index is 664. The minimum Gasteiger partial charge on any atom is -0.465 e. The van der Waals surface area contributed by atoms with Crippen molar-refractivity contribution in [3.05, 3.63) is 38.7 Å². The number of aryl methyl sites for hydroxylation is 1. The number of ether oxygens (including phenoxy) is 1. The Hall–Kier alpha value is -1.33. The molecule has 5 heteroatoms. The first kappa shape index (κ1) is 15.1. The number of rotatable bonds is 3. The number of hydrogen-bond acceptors (Lipinski definition) is 4. The molecule has 0 spiro atoms. The molecule has 3 nitrogen and oxygen atoms in total. The number of thiophene rings is 1. The lowest BCUT2D eigenvalue weighted by atomic mass is 10.0. The van der Waals surface area contributed by atoms with E-state index < -0.39 is 0 Å². The number of methoxy groups -OCH3 is 1. The van der Waals surface area contributed by atoms with E-state index in [-0.39, 0.29) is 5.97 Å². The number of carbonyl (C=O) groups is 1. The van der Waals surface area contributed by atoms with Crippen LogP contribution >= 0.6 is 27.3 Å². The molecule has 0 radical (unpaired) electrons. The number of halogens is 1. The highest BCUT2D eigenvalue weighted by atomic mass is 79.9. The predicted octanol–water partition coefficient (Wildman–Crippen LogP) is 4.42. The van der Waals surface area contributed by atoms with Gasteiger partial charge in [-0.15, -0.1) is 11.3 Å². The van der Waals surface area contributed by atoms with Crippen LogP contribution in [0.15, 0.2) is 22.7 Å². The molecule has 0 aliphatic carbocycles. The van der Waals surface area contributed by atoms with Gasteiger partial charge in [0, 0.05) is 9.35 Å². The monoisotopic (exact) mass is 353 g/mol. The van der Waals surface area contributed by atoms with E-state index in [1.807, 2.05) is 19.1 Å². The first-order chi connectivity index (χ1) is 9.49. The maximum Gasteiger partial charge on any atom is 0.350 e. The van der Waals surface area contributed by atoms with Crippen LogP contribution in [0.4, 0.5) is 5.69 Å². The topological polar surface area (TPSA) is 52.3 Å². The fourth-order valence-corrected chi connectivity index (χ4v) is 3.80. The summed E-state index contributed by atoms with van der Waals surface area (Å²) < 4.78 is 5.81. The summed E-state index contributed by atoms with van der Waals surface area (Å²) in [6.07, 6.45) is 0.778. The molecule has 0 bridgehead atoms. The number of nitrogens with two attached hydrogens (primary N) is 1. The van der Waals surface area contributed by atoms with Crippen LogP contribution < -0.4 is 5.73 Å². The molecular weight excluding hydrogens is 338 g/mol. The van der Waals surface area contributed by atoms with Gasteiger partial charge in [-0.2, -0.15) is 0 Å². The Morgan fingerprint density at radius 3 is 2.75 bits per heavy atom. The summed E-state index contributed by atoms with van der Waals surface area (Å²) in [7, 11) is 1.37. The van der Waals surface area contributed by atoms with Gasteiger partial charge in [0.1, 0.15) is 4.88 Å². The second-order valence-electron chi connectivity index (χ2n) is 4.46. The van der Waals surface area contributed by atoms with Crippen LogP contribution in [0.3, 0.4) is 0 Å². The van der Waals surface area contributed by atoms with Crippen LogP contribution in [0.1, 0.15) is 27.7 Å². The Morgan fingerprint density at radius 2 is 2.15 bits per heavy atom. The van der Waals surface area contributed by atoms with Crippen LogP contribution in [0.2, 0.25) is 0 Å². The van der Waals surface area contributed by atoms with E-state index in [4.69, 9.17) is 10.5 Å². The van der Waals surface area contributed by atoms with E-state index in [0.29, 0.717) is 10.6 Å². The molecule has 0 aliphatic rings. The van der Waals surface area contributed by atoms with Crippen molar-refractivity contribution in [2.75, 3.05) is 12.8 Å². The molecule has 0 saturated carbocycles. The molecule has 2 aromatic rings. The Kier molecular flexibility index (Phi) is 4.50. The van der Waals surface area contributed by atoms with Crippen LogP contribution in [0.25, 0.3) is 10.4 Å². The standard InChI is InChI=1S/C15H16BrNO2S/c1-4-10-12(17)14(15(18)19-3)20-13(10)11-7-9(16)6-5-8(11)2/h5-7H,4,17H2,1-3H3. The predicted molar refractivity (Wildman–Crippen MR) is 87.3 cm³/mol. The number of nitrogen functional groups attached to an aromatic ring is 1. The molecule has 1 aromatic heterocycles. The van der Waals surface area contributed by atoms with Crippen LogP contribution in [0, 0.1) is 6.92 Å². The lowest BCUT2D eigenvalue weighted by Gasteiger charge is -2.07. The van der Waals surface area contributed by atoms with Crippen molar-refractivity contribution in [2.45, 2.75) is 20.3 Å². The van der Waals surface area contributed by atoms with Crippen molar-refractivity contribution in [3.8, 4) is 10.4 Å². The van der Waals surface area contributed by atoms with Crippen molar-refractivity contribution < 1.29 is 9.53 Å². The molecule has 0 saturated heterocycles. The molecule has 20 heavy (non-hydrogen) atoms. The second-order valence-corrected chi connectivity index (χ2v) is 6.39. The van der Waals surface area contributed by atoms with Crippen molar-refractivity contribution >= 4 is 38.9 Å². The van der Waals surface area contributed by atoms with E-state index in [2.05, 4.69) is 28.9 Å². The van der Waals surface area contributed by atoms with Crippen molar-refractivity contribution in [2.24, 2.45) is 0 Å². The molecule has 0 aliphatic heterocycles. The third-order valence-corrected chi connectivity index (χ3v) is 4.97. The van der Waals surface area contributed by atoms with Gasteiger partial charge < -0.3 is 10.5 Å². The van der Waals surface area contributed by atoms with Gasteiger partial charge in [-0.1, -0.05) is 28.9 Å². The first-order valence-corrected chi connectivity index (χ1v) is 7.86. The highest BCUT2D eigenvalue weighted by Crippen LogP contribution is 2.41. The SMILES string of the molecule is CCc1c(-c2cc(Br)ccc2C)sc(C(=O)OC)c1N. The smallest absolute Gasteiger partial charge is 0.350 e. The Morgan fingerprint density at radius 1 is 1.45 bits per heavy atom. The maximum absolute atomic E-state index is 11.8. The zero-order chi connectivity index (χ0) is 14.9. The van der Waals surface area contributed by atoms with Crippen LogP contribution in [-0.4, -0.2) is 13.1 Å². The molecule has 1 aromatic carbocycles. The Labute approximate surface area is 130 Å². The summed E-state index contributed by atoms with van der Waals surface area (Å²) in [5, 5.41) is 0. The summed E-state index contributed by atoms with van der Waals surface area (Å²) >= 11 is 4.89. The summed E-state index contributed by atoms with van der Waals surface area (Å²) in [6.45, 7) is 4.09. The zero-order valence-corrected chi connectivity index (χ0v) is 14.0. The first-order valence-electron chi connectivity index (χ1n) is 6.25. The van der Waals surface area contributed by atoms with E-state index in [1.165, 1.54) is 18.4 Å². The molecule has 2 N–H and O–H groups in total. The van der Waals surface area contributed by atoms with Crippen LogP contribution in [0.5, 0.6) is 0 Å². The molecule has 2 rings (SSSR count). The van der Waals surface area contributed by atoms with Gasteiger partial charge in [0.05, 0.1) is 12.8 Å². The summed E-state index contributed by atoms with van der Waals surface area (Å²) in [6, 6.07) is 6.11. The largest absolute Gasteiger partial charge is 0.465 e. The van der Waals surface area contributed by atoms with E-state index in [1.54, 1.807) is 0 Å². The lowest BCUT2D eigenvalue weighted by molar-refractivity contribution is 0.0607. The number of anilines is 1. The van der Waals surface area contributed by atoms with Crippen molar-refractivity contribution in [3.63, 3.8) is 0 Å². The van der Waals surface area contributed by atoms with E-state index in [0.717, 1.165) is 32.5 Å². The summed E-state index contributed by atoms with van der Waals surface area (Å²) in [5.41, 5.74) is 9.92. The third-order valence-electron chi connectivity index (χ3n) is 3.22.